The van der Waals surface area contributed by atoms with Crippen LogP contribution in [0, 0.1) is 11.8 Å². The summed E-state index contributed by atoms with van der Waals surface area (Å²) in [5.74, 6) is 5.21. The largest absolute Gasteiger partial charge is 0.373 e. The Morgan fingerprint density at radius 2 is 1.90 bits per heavy atom. The third-order valence-electron chi connectivity index (χ3n) is 5.12. The summed E-state index contributed by atoms with van der Waals surface area (Å²) in [6, 6.07) is 2.11. The second kappa shape index (κ2) is 6.20. The highest BCUT2D eigenvalue weighted by Gasteiger charge is 2.31. The number of nitrogens with one attached hydrogen (secondary N) is 1. The van der Waals surface area contributed by atoms with E-state index in [1.165, 1.54) is 38.6 Å². The second-order valence-corrected chi connectivity index (χ2v) is 6.91. The summed E-state index contributed by atoms with van der Waals surface area (Å²) in [4.78, 5) is 11.9. The second-order valence-electron chi connectivity index (χ2n) is 6.91. The van der Waals surface area contributed by atoms with E-state index < -0.39 is 0 Å². The summed E-state index contributed by atoms with van der Waals surface area (Å²) in [5, 5.41) is 3.18. The van der Waals surface area contributed by atoms with Gasteiger partial charge < -0.3 is 10.2 Å². The fraction of sp³-hybridized carbons (Fsp3) is 0.765. The highest BCUT2D eigenvalue weighted by atomic mass is 15.2. The molecule has 3 rings (SSSR count). The first-order valence-corrected chi connectivity index (χ1v) is 8.49. The number of rotatable bonds is 3. The molecule has 0 radical (unpaired) electrons. The minimum Gasteiger partial charge on any atom is -0.373 e. The van der Waals surface area contributed by atoms with E-state index in [0.717, 1.165) is 35.8 Å². The molecule has 1 saturated heterocycles. The van der Waals surface area contributed by atoms with Gasteiger partial charge in [-0.1, -0.05) is 33.1 Å². The van der Waals surface area contributed by atoms with Gasteiger partial charge in [0.25, 0.3) is 0 Å². The third kappa shape index (κ3) is 3.14. The van der Waals surface area contributed by atoms with Crippen molar-refractivity contribution in [1.82, 2.24) is 9.97 Å². The van der Waals surface area contributed by atoms with Gasteiger partial charge in [-0.3, -0.25) is 0 Å². The molecule has 1 aromatic heterocycles. The van der Waals surface area contributed by atoms with Crippen LogP contribution in [0.1, 0.15) is 57.7 Å². The quantitative estimate of drug-likeness (QED) is 0.921. The summed E-state index contributed by atoms with van der Waals surface area (Å²) in [5.41, 5.74) is 0. The van der Waals surface area contributed by atoms with Crippen molar-refractivity contribution in [2.45, 2.75) is 51.9 Å². The molecule has 2 fully saturated rings. The molecule has 2 unspecified atom stereocenters. The first-order chi connectivity index (χ1) is 10.2. The van der Waals surface area contributed by atoms with Gasteiger partial charge in [-0.05, 0) is 24.7 Å². The van der Waals surface area contributed by atoms with Crippen LogP contribution < -0.4 is 10.2 Å². The maximum atomic E-state index is 4.82. The fourth-order valence-electron chi connectivity index (χ4n) is 3.81. The van der Waals surface area contributed by atoms with Crippen LogP contribution >= 0.6 is 0 Å². The van der Waals surface area contributed by atoms with Gasteiger partial charge in [0.1, 0.15) is 17.5 Å². The van der Waals surface area contributed by atoms with Gasteiger partial charge in [-0.25, -0.2) is 9.97 Å². The molecule has 21 heavy (non-hydrogen) atoms. The van der Waals surface area contributed by atoms with E-state index in [4.69, 9.17) is 4.98 Å². The van der Waals surface area contributed by atoms with Crippen LogP contribution in [0.5, 0.6) is 0 Å². The molecule has 1 saturated carbocycles. The van der Waals surface area contributed by atoms with Crippen LogP contribution in [-0.2, 0) is 0 Å². The van der Waals surface area contributed by atoms with Gasteiger partial charge in [0, 0.05) is 32.1 Å². The van der Waals surface area contributed by atoms with Crippen molar-refractivity contribution < 1.29 is 0 Å². The van der Waals surface area contributed by atoms with E-state index in [0.29, 0.717) is 5.92 Å². The molecule has 0 aromatic carbocycles. The summed E-state index contributed by atoms with van der Waals surface area (Å²) >= 11 is 0. The molecule has 2 heterocycles. The molecule has 0 bridgehead atoms. The number of fused-ring (bicyclic) bond motifs is 1. The normalized spacial score (nSPS) is 25.8. The molecule has 2 aliphatic rings. The Kier molecular flexibility index (Phi) is 4.32. The summed E-state index contributed by atoms with van der Waals surface area (Å²) in [6.07, 6.45) is 7.04. The molecule has 1 N–H and O–H groups in total. The predicted molar refractivity (Wildman–Crippen MR) is 87.9 cm³/mol. The zero-order chi connectivity index (χ0) is 14.8. The van der Waals surface area contributed by atoms with Gasteiger partial charge in [0.15, 0.2) is 0 Å². The van der Waals surface area contributed by atoms with E-state index in [1.807, 2.05) is 7.05 Å². The van der Waals surface area contributed by atoms with E-state index >= 15 is 0 Å². The average molecular weight is 288 g/mol. The van der Waals surface area contributed by atoms with Gasteiger partial charge >= 0.3 is 0 Å². The van der Waals surface area contributed by atoms with Gasteiger partial charge in [-0.2, -0.15) is 0 Å². The van der Waals surface area contributed by atoms with Crippen LogP contribution in [-0.4, -0.2) is 30.1 Å². The highest BCUT2D eigenvalue weighted by Crippen LogP contribution is 2.37. The van der Waals surface area contributed by atoms with Crippen LogP contribution in [0.3, 0.4) is 0 Å². The van der Waals surface area contributed by atoms with Crippen LogP contribution in [0.25, 0.3) is 0 Å². The molecule has 0 spiro atoms. The van der Waals surface area contributed by atoms with Crippen molar-refractivity contribution in [3.8, 4) is 0 Å². The molecule has 1 aliphatic heterocycles. The first kappa shape index (κ1) is 14.6. The lowest BCUT2D eigenvalue weighted by Crippen LogP contribution is -2.42. The topological polar surface area (TPSA) is 41.0 Å². The molecule has 2 atom stereocenters. The minimum absolute atomic E-state index is 0.365. The standard InChI is InChI=1S/C17H28N4/c1-12(2)17-19-15(18-3)10-16(20-17)21-9-8-13-6-4-5-7-14(13)11-21/h10,12-14H,4-9,11H2,1-3H3,(H,18,19,20). The molecule has 1 aromatic rings. The number of hydrogen-bond donors (Lipinski definition) is 1. The molecule has 4 heteroatoms. The van der Waals surface area contributed by atoms with E-state index in [9.17, 15) is 0 Å². The molecular weight excluding hydrogens is 260 g/mol. The van der Waals surface area contributed by atoms with Crippen molar-refractivity contribution in [2.24, 2.45) is 11.8 Å². The van der Waals surface area contributed by atoms with Gasteiger partial charge in [0.05, 0.1) is 0 Å². The Hall–Kier alpha value is -1.32. The van der Waals surface area contributed by atoms with Crippen LogP contribution in [0.2, 0.25) is 0 Å². The molecule has 4 nitrogen and oxygen atoms in total. The monoisotopic (exact) mass is 288 g/mol. The Balaban J connectivity index is 1.81. The van der Waals surface area contributed by atoms with Gasteiger partial charge in [-0.15, -0.1) is 0 Å². The maximum Gasteiger partial charge on any atom is 0.135 e. The predicted octanol–water partition coefficient (Wildman–Crippen LogP) is 3.66. The SMILES string of the molecule is CNc1cc(N2CCC3CCCCC3C2)nc(C(C)C)n1. The fourth-order valence-corrected chi connectivity index (χ4v) is 3.81. The Morgan fingerprint density at radius 1 is 1.14 bits per heavy atom. The summed E-state index contributed by atoms with van der Waals surface area (Å²) in [6.45, 7) is 6.65. The van der Waals surface area contributed by atoms with Gasteiger partial charge in [0.2, 0.25) is 0 Å². The number of nitrogens with zero attached hydrogens (tertiary/aromatic N) is 3. The van der Waals surface area contributed by atoms with E-state index in [1.54, 1.807) is 0 Å². The number of hydrogen-bond acceptors (Lipinski definition) is 4. The number of anilines is 2. The molecular formula is C17H28N4. The molecule has 116 valence electrons. The van der Waals surface area contributed by atoms with E-state index in [2.05, 4.69) is 35.1 Å². The van der Waals surface area contributed by atoms with Crippen molar-refractivity contribution in [3.63, 3.8) is 0 Å². The van der Waals surface area contributed by atoms with Crippen molar-refractivity contribution >= 4 is 11.6 Å². The first-order valence-electron chi connectivity index (χ1n) is 8.49. The maximum absolute atomic E-state index is 4.82. The zero-order valence-corrected chi connectivity index (χ0v) is 13.6. The lowest BCUT2D eigenvalue weighted by Gasteiger charge is -2.42. The number of piperidine rings is 1. The third-order valence-corrected chi connectivity index (χ3v) is 5.12. The smallest absolute Gasteiger partial charge is 0.135 e. The zero-order valence-electron chi connectivity index (χ0n) is 13.6. The Bertz CT molecular complexity index is 486. The van der Waals surface area contributed by atoms with Crippen molar-refractivity contribution in [2.75, 3.05) is 30.4 Å². The van der Waals surface area contributed by atoms with Crippen LogP contribution in [0.4, 0.5) is 11.6 Å². The number of aromatic nitrogens is 2. The summed E-state index contributed by atoms with van der Waals surface area (Å²) in [7, 11) is 1.93. The molecule has 0 amide bonds. The Labute approximate surface area is 128 Å². The average Bonchev–Trinajstić information content (AvgIpc) is 2.53. The summed E-state index contributed by atoms with van der Waals surface area (Å²) < 4.78 is 0. The Morgan fingerprint density at radius 3 is 2.62 bits per heavy atom. The lowest BCUT2D eigenvalue weighted by atomic mass is 9.75. The van der Waals surface area contributed by atoms with Crippen molar-refractivity contribution in [1.29, 1.82) is 0 Å². The highest BCUT2D eigenvalue weighted by molar-refractivity contribution is 5.49. The minimum atomic E-state index is 0.365. The molecule has 1 aliphatic carbocycles. The van der Waals surface area contributed by atoms with Crippen molar-refractivity contribution in [3.05, 3.63) is 11.9 Å². The van der Waals surface area contributed by atoms with Crippen LogP contribution in [0.15, 0.2) is 6.07 Å². The lowest BCUT2D eigenvalue weighted by molar-refractivity contribution is 0.202. The van der Waals surface area contributed by atoms with E-state index in [-0.39, 0.29) is 0 Å².